The number of hydrogen-bond donors (Lipinski definition) is 2. The van der Waals surface area contributed by atoms with Gasteiger partial charge in [-0.3, -0.25) is 4.79 Å². The third-order valence-electron chi connectivity index (χ3n) is 6.13. The number of nitrogens with zero attached hydrogens (tertiary/aromatic N) is 4. The Morgan fingerprint density at radius 2 is 1.60 bits per heavy atom. The molecule has 10 nitrogen and oxygen atoms in total. The number of methoxy groups -OCH3 is 1. The lowest BCUT2D eigenvalue weighted by molar-refractivity contribution is -0.192. The Kier molecular flexibility index (Phi) is 9.80. The van der Waals surface area contributed by atoms with Gasteiger partial charge in [-0.1, -0.05) is 0 Å². The molecule has 3 N–H and O–H groups in total. The predicted octanol–water partition coefficient (Wildman–Crippen LogP) is 5.24. The van der Waals surface area contributed by atoms with Crippen LogP contribution in [-0.4, -0.2) is 63.4 Å². The van der Waals surface area contributed by atoms with Crippen molar-refractivity contribution in [2.24, 2.45) is 0 Å². The van der Waals surface area contributed by atoms with Crippen molar-refractivity contribution in [3.8, 4) is 17.2 Å². The third-order valence-corrected chi connectivity index (χ3v) is 6.13. The molecule has 16 heteroatoms. The van der Waals surface area contributed by atoms with Crippen molar-refractivity contribution in [2.45, 2.75) is 38.0 Å². The lowest BCUT2D eigenvalue weighted by Crippen LogP contribution is -2.38. The lowest BCUT2D eigenvalue weighted by Gasteiger charge is -2.32. The molecule has 0 atom stereocenters. The van der Waals surface area contributed by atoms with Gasteiger partial charge in [0.15, 0.2) is 11.5 Å². The molecule has 0 saturated carbocycles. The number of piperidine rings is 1. The summed E-state index contributed by atoms with van der Waals surface area (Å²) >= 11 is 0. The average Bonchev–Trinajstić information content (AvgIpc) is 2.93. The number of carbonyl (C=O) groups is 2. The number of aromatic nitrogens is 3. The normalized spacial score (nSPS) is 14.0. The highest BCUT2D eigenvalue weighted by molar-refractivity contribution is 5.93. The summed E-state index contributed by atoms with van der Waals surface area (Å²) in [6.45, 7) is 3.01. The van der Waals surface area contributed by atoms with Crippen LogP contribution in [0.3, 0.4) is 0 Å². The van der Waals surface area contributed by atoms with Crippen LogP contribution in [-0.2, 0) is 11.0 Å². The zero-order valence-electron chi connectivity index (χ0n) is 22.2. The van der Waals surface area contributed by atoms with Gasteiger partial charge in [0, 0.05) is 25.1 Å². The Bertz CT molecular complexity index is 1410. The third kappa shape index (κ3) is 8.20. The Balaban J connectivity index is 0.000000616. The van der Waals surface area contributed by atoms with Crippen molar-refractivity contribution in [1.29, 1.82) is 0 Å². The molecule has 0 bridgehead atoms. The number of amides is 1. The molecule has 4 rings (SSSR count). The van der Waals surface area contributed by atoms with Gasteiger partial charge in [0.1, 0.15) is 17.3 Å². The first-order valence-electron chi connectivity index (χ1n) is 12.2. The molecule has 1 fully saturated rings. The second-order valence-electron chi connectivity index (χ2n) is 9.05. The number of carbonyl (C=O) groups excluding carboxylic acids is 1. The van der Waals surface area contributed by atoms with Crippen molar-refractivity contribution in [1.82, 2.24) is 20.1 Å². The van der Waals surface area contributed by atoms with E-state index in [9.17, 15) is 31.1 Å². The molecule has 42 heavy (non-hydrogen) atoms. The minimum absolute atomic E-state index is 0.180. The van der Waals surface area contributed by atoms with Gasteiger partial charge in [0.05, 0.1) is 24.6 Å². The number of rotatable bonds is 5. The molecule has 0 radical (unpaired) electrons. The number of anilines is 1. The SMILES string of the molecule is COc1cc(C(=O)N2CCC(c3nnc(N)cc3C)CC2)ncc1Oc1ccc(C(F)(F)F)cc1.O=C(O)C(F)(F)F. The molecular weight excluding hydrogens is 576 g/mol. The largest absolute Gasteiger partial charge is 0.493 e. The number of benzene rings is 1. The smallest absolute Gasteiger partial charge is 0.490 e. The predicted molar refractivity (Wildman–Crippen MR) is 135 cm³/mol. The summed E-state index contributed by atoms with van der Waals surface area (Å²) in [6, 6.07) is 7.52. The second kappa shape index (κ2) is 12.9. The fraction of sp³-hybridized carbons (Fsp3) is 0.346. The highest BCUT2D eigenvalue weighted by Gasteiger charge is 2.38. The van der Waals surface area contributed by atoms with Crippen molar-refractivity contribution in [3.05, 3.63) is 65.1 Å². The molecule has 0 aliphatic carbocycles. The zero-order chi connectivity index (χ0) is 31.2. The fourth-order valence-corrected chi connectivity index (χ4v) is 4.05. The van der Waals surface area contributed by atoms with Gasteiger partial charge in [-0.2, -0.15) is 31.4 Å². The lowest BCUT2D eigenvalue weighted by atomic mass is 9.91. The number of pyridine rings is 1. The van der Waals surface area contributed by atoms with Gasteiger partial charge in [0.2, 0.25) is 0 Å². The topological polar surface area (TPSA) is 141 Å². The van der Waals surface area contributed by atoms with Crippen LogP contribution in [0.25, 0.3) is 0 Å². The van der Waals surface area contributed by atoms with E-state index in [2.05, 4.69) is 15.2 Å². The number of carboxylic acid groups (broad SMARTS) is 1. The van der Waals surface area contributed by atoms with E-state index in [-0.39, 0.29) is 34.8 Å². The maximum absolute atomic E-state index is 13.0. The Labute approximate surface area is 235 Å². The Hall–Kier alpha value is -4.63. The van der Waals surface area contributed by atoms with Crippen LogP contribution < -0.4 is 15.2 Å². The van der Waals surface area contributed by atoms with E-state index >= 15 is 0 Å². The number of aryl methyl sites for hydroxylation is 1. The van der Waals surface area contributed by atoms with Crippen molar-refractivity contribution in [2.75, 3.05) is 25.9 Å². The van der Waals surface area contributed by atoms with Crippen molar-refractivity contribution in [3.63, 3.8) is 0 Å². The Morgan fingerprint density at radius 1 is 1.00 bits per heavy atom. The van der Waals surface area contributed by atoms with Crippen LogP contribution in [0.5, 0.6) is 17.2 Å². The summed E-state index contributed by atoms with van der Waals surface area (Å²) in [4.78, 5) is 27.9. The summed E-state index contributed by atoms with van der Waals surface area (Å²) in [6.07, 6.45) is -6.73. The molecule has 1 aliphatic rings. The molecule has 1 aliphatic heterocycles. The summed E-state index contributed by atoms with van der Waals surface area (Å²) in [7, 11) is 1.41. The number of ether oxygens (including phenoxy) is 2. The molecule has 1 saturated heterocycles. The van der Waals surface area contributed by atoms with Gasteiger partial charge < -0.3 is 25.2 Å². The minimum atomic E-state index is -5.08. The molecule has 226 valence electrons. The van der Waals surface area contributed by atoms with Gasteiger partial charge in [-0.05, 0) is 55.7 Å². The van der Waals surface area contributed by atoms with E-state index in [1.54, 1.807) is 11.0 Å². The minimum Gasteiger partial charge on any atom is -0.493 e. The zero-order valence-corrected chi connectivity index (χ0v) is 22.2. The van der Waals surface area contributed by atoms with E-state index in [1.165, 1.54) is 31.5 Å². The van der Waals surface area contributed by atoms with Crippen LogP contribution in [0.15, 0.2) is 42.6 Å². The molecule has 1 aromatic carbocycles. The van der Waals surface area contributed by atoms with Gasteiger partial charge in [-0.25, -0.2) is 9.78 Å². The highest BCUT2D eigenvalue weighted by atomic mass is 19.4. The van der Waals surface area contributed by atoms with Gasteiger partial charge >= 0.3 is 18.3 Å². The van der Waals surface area contributed by atoms with Crippen LogP contribution in [0, 0.1) is 6.92 Å². The number of alkyl halides is 6. The molecule has 3 heterocycles. The maximum atomic E-state index is 13.0. The van der Waals surface area contributed by atoms with E-state index in [1.807, 2.05) is 6.92 Å². The molecule has 3 aromatic rings. The summed E-state index contributed by atoms with van der Waals surface area (Å²) in [5.74, 6) is -1.83. The Morgan fingerprint density at radius 3 is 2.10 bits per heavy atom. The number of aliphatic carboxylic acids is 1. The second-order valence-corrected chi connectivity index (χ2v) is 9.05. The van der Waals surface area contributed by atoms with Gasteiger partial charge in [-0.15, -0.1) is 5.10 Å². The van der Waals surface area contributed by atoms with E-state index in [4.69, 9.17) is 25.1 Å². The van der Waals surface area contributed by atoms with Crippen molar-refractivity contribution < 1.29 is 50.5 Å². The average molecular weight is 602 g/mol. The van der Waals surface area contributed by atoms with E-state index < -0.39 is 23.9 Å². The van der Waals surface area contributed by atoms with Crippen LogP contribution >= 0.6 is 0 Å². The quantitative estimate of drug-likeness (QED) is 0.376. The molecule has 0 unspecified atom stereocenters. The van der Waals surface area contributed by atoms with Crippen molar-refractivity contribution >= 4 is 17.7 Å². The first kappa shape index (κ1) is 31.9. The van der Waals surface area contributed by atoms with Gasteiger partial charge in [0.25, 0.3) is 5.91 Å². The van der Waals surface area contributed by atoms with Crippen LogP contribution in [0.1, 0.15) is 46.1 Å². The number of hydrogen-bond acceptors (Lipinski definition) is 8. The first-order chi connectivity index (χ1) is 19.6. The van der Waals surface area contributed by atoms with Crippen LogP contribution in [0.2, 0.25) is 0 Å². The van der Waals surface area contributed by atoms with E-state index in [0.717, 1.165) is 36.2 Å². The molecule has 0 spiro atoms. The summed E-state index contributed by atoms with van der Waals surface area (Å²) in [5, 5.41) is 15.3. The van der Waals surface area contributed by atoms with E-state index in [0.29, 0.717) is 18.9 Å². The number of carboxylic acids is 1. The van der Waals surface area contributed by atoms with Crippen LogP contribution in [0.4, 0.5) is 32.2 Å². The standard InChI is InChI=1S/C24H24F3N5O3.C2HF3O2/c1-14-11-21(28)30-31-22(14)15-7-9-32(10-8-15)23(33)18-12-19(34-2)20(13-29-18)35-17-5-3-16(4-6-17)24(25,26)27;3-2(4,5)1(6)7/h3-6,11-13,15H,7-10H2,1-2H3,(H2,28,30);(H,6,7). The molecule has 2 aromatic heterocycles. The highest BCUT2D eigenvalue weighted by Crippen LogP contribution is 2.35. The maximum Gasteiger partial charge on any atom is 0.490 e. The first-order valence-corrected chi connectivity index (χ1v) is 12.2. The summed E-state index contributed by atoms with van der Waals surface area (Å²) < 4.78 is 81.0. The summed E-state index contributed by atoms with van der Waals surface area (Å²) in [5.41, 5.74) is 6.98. The monoisotopic (exact) mass is 601 g/mol. The number of nitrogen functional groups attached to an aromatic ring is 1. The fourth-order valence-electron chi connectivity index (χ4n) is 4.05. The number of halogens is 6. The molecular formula is C26H25F6N5O5. The number of nitrogens with two attached hydrogens (primary N) is 1. The molecule has 1 amide bonds. The number of likely N-dealkylation sites (tertiary alicyclic amines) is 1.